The third-order valence-electron chi connectivity index (χ3n) is 13.4. The zero-order valence-electron chi connectivity index (χ0n) is 36.9. The molecule has 1 aliphatic carbocycles. The second-order valence-corrected chi connectivity index (χ2v) is 17.2. The van der Waals surface area contributed by atoms with Crippen LogP contribution in [-0.2, 0) is 25.5 Å². The molecule has 316 valence electrons. The Hall–Kier alpha value is -5.05. The molecule has 1 saturated heterocycles. The van der Waals surface area contributed by atoms with Gasteiger partial charge in [0.15, 0.2) is 5.78 Å². The predicted octanol–water partition coefficient (Wildman–Crippen LogP) is 9.27. The predicted molar refractivity (Wildman–Crippen MR) is 239 cm³/mol. The number of fused-ring (bicyclic) bond motifs is 7. The Morgan fingerprint density at radius 1 is 0.881 bits per heavy atom. The number of allylic oxidation sites excluding steroid dienone is 3. The molecule has 5 heterocycles. The SMILES string of the molecule is C=Cc1c2[nH]c(c1C)/C=C1\N/C(=C3\c4[nH]c(c(C)c4C(=O)[C@@H]3C(=O)OC)/C=c3\[nH]/c(c(C)c3CC)=C\2)[C@@H](CCC(=O)OC/C=C/CCC[C@H](C)CCC[C@H](C)CC)[C@@H]1C. The average molecular weight is 803 g/mol. The van der Waals surface area contributed by atoms with E-state index in [-0.39, 0.29) is 36.6 Å². The van der Waals surface area contributed by atoms with Gasteiger partial charge in [-0.25, -0.2) is 0 Å². The van der Waals surface area contributed by atoms with Crippen LogP contribution < -0.4 is 16.0 Å². The maximum atomic E-state index is 14.3. The number of rotatable bonds is 17. The van der Waals surface area contributed by atoms with E-state index in [9.17, 15) is 14.4 Å². The highest BCUT2D eigenvalue weighted by Gasteiger charge is 2.48. The van der Waals surface area contributed by atoms with Crippen LogP contribution in [0.3, 0.4) is 0 Å². The number of ketones is 1. The fourth-order valence-corrected chi connectivity index (χ4v) is 9.42. The molecule has 3 aromatic rings. The number of nitrogens with one attached hydrogen (secondary N) is 4. The van der Waals surface area contributed by atoms with Crippen molar-refractivity contribution in [1.29, 1.82) is 0 Å². The van der Waals surface area contributed by atoms with Crippen LogP contribution in [0.2, 0.25) is 0 Å². The summed E-state index contributed by atoms with van der Waals surface area (Å²) in [6.45, 7) is 21.8. The summed E-state index contributed by atoms with van der Waals surface area (Å²) in [6, 6.07) is 0. The molecule has 4 N–H and O–H groups in total. The molecule has 0 radical (unpaired) electrons. The van der Waals surface area contributed by atoms with Crippen LogP contribution in [0.25, 0.3) is 29.9 Å². The van der Waals surface area contributed by atoms with Gasteiger partial charge in [0.2, 0.25) is 0 Å². The van der Waals surface area contributed by atoms with Crippen molar-refractivity contribution < 1.29 is 23.9 Å². The number of carbonyl (C=O) groups is 3. The van der Waals surface area contributed by atoms with Crippen LogP contribution in [0, 0.1) is 50.4 Å². The van der Waals surface area contributed by atoms with E-state index >= 15 is 0 Å². The quantitative estimate of drug-likeness (QED) is 0.0466. The fraction of sp³-hybridized carbons (Fsp3) is 0.500. The van der Waals surface area contributed by atoms with E-state index in [2.05, 4.69) is 99.6 Å². The number of hydrogen-bond donors (Lipinski definition) is 4. The molecular weight excluding hydrogens is 737 g/mol. The van der Waals surface area contributed by atoms with Crippen molar-refractivity contribution in [2.75, 3.05) is 13.7 Å². The first kappa shape index (κ1) is 43.5. The lowest BCUT2D eigenvalue weighted by Gasteiger charge is -2.19. The molecule has 0 aromatic carbocycles. The summed E-state index contributed by atoms with van der Waals surface area (Å²) in [5.74, 6) is -1.07. The highest BCUT2D eigenvalue weighted by atomic mass is 16.5. The maximum Gasteiger partial charge on any atom is 0.321 e. The first-order valence-electron chi connectivity index (χ1n) is 22.0. The number of H-pyrrole nitrogens is 3. The minimum atomic E-state index is -1.14. The molecule has 0 amide bonds. The molecule has 9 nitrogen and oxygen atoms in total. The van der Waals surface area contributed by atoms with E-state index < -0.39 is 11.9 Å². The van der Waals surface area contributed by atoms with Crippen molar-refractivity contribution in [3.05, 3.63) is 97.0 Å². The molecule has 59 heavy (non-hydrogen) atoms. The van der Waals surface area contributed by atoms with Crippen LogP contribution in [0.4, 0.5) is 0 Å². The van der Waals surface area contributed by atoms with Gasteiger partial charge in [-0.15, -0.1) is 0 Å². The van der Waals surface area contributed by atoms with Crippen LogP contribution in [-0.4, -0.2) is 46.4 Å². The van der Waals surface area contributed by atoms with Gasteiger partial charge in [-0.2, -0.15) is 0 Å². The third kappa shape index (κ3) is 8.95. The minimum Gasteiger partial charge on any atom is -0.468 e. The molecule has 5 atom stereocenters. The van der Waals surface area contributed by atoms with E-state index in [0.29, 0.717) is 23.3 Å². The molecule has 0 saturated carbocycles. The molecule has 2 aliphatic heterocycles. The monoisotopic (exact) mass is 803 g/mol. The van der Waals surface area contributed by atoms with E-state index in [1.807, 2.05) is 19.1 Å². The van der Waals surface area contributed by atoms with Crippen molar-refractivity contribution in [3.63, 3.8) is 0 Å². The number of aromatic nitrogens is 3. The van der Waals surface area contributed by atoms with Crippen LogP contribution in [0.15, 0.2) is 30.1 Å². The van der Waals surface area contributed by atoms with E-state index in [0.717, 1.165) is 92.5 Å². The Bertz CT molecular complexity index is 2310. The Morgan fingerprint density at radius 2 is 1.59 bits per heavy atom. The van der Waals surface area contributed by atoms with Gasteiger partial charge >= 0.3 is 11.9 Å². The van der Waals surface area contributed by atoms with Crippen molar-refractivity contribution in [2.45, 2.75) is 120 Å². The number of carbonyl (C=O) groups excluding carboxylic acids is 3. The van der Waals surface area contributed by atoms with Gasteiger partial charge in [-0.1, -0.05) is 91.5 Å². The van der Waals surface area contributed by atoms with E-state index in [4.69, 9.17) is 9.47 Å². The molecule has 0 spiro atoms. The van der Waals surface area contributed by atoms with Crippen molar-refractivity contribution in [2.24, 2.45) is 29.6 Å². The fourth-order valence-electron chi connectivity index (χ4n) is 9.42. The highest BCUT2D eigenvalue weighted by Crippen LogP contribution is 2.48. The number of esters is 2. The smallest absolute Gasteiger partial charge is 0.321 e. The summed E-state index contributed by atoms with van der Waals surface area (Å²) >= 11 is 0. The molecular formula is C50H66N4O5. The zero-order valence-corrected chi connectivity index (χ0v) is 36.9. The molecule has 9 heteroatoms. The molecule has 8 bridgehead atoms. The molecule has 3 aromatic heterocycles. The van der Waals surface area contributed by atoms with Crippen LogP contribution in [0.1, 0.15) is 153 Å². The standard InChI is InChI=1S/C50H66N4O5/c1-11-28(4)20-18-21-29(5)19-16-14-15-17-24-59-43(55)23-22-36-32(8)39-25-37-30(6)34(12-2)41(51-37)26-38-31(7)35(13-3)42(52-38)27-40-33(9)44-48(54-40)45(47(36)53-39)46(49(44)56)50(57)58-10/h12,15,17,25-29,32,36,46,51-54H,2,11,13-14,16,18-24H2,1,3-10H3/b17-15+,38-26-,39-25-,42-27-,47-45-/t28-,29+,32+,36+,46-/m1/s1. The lowest BCUT2D eigenvalue weighted by atomic mass is 9.85. The normalized spacial score (nSPS) is 22.6. The van der Waals surface area contributed by atoms with Gasteiger partial charge in [0.1, 0.15) is 12.5 Å². The number of unbranched alkanes of at least 4 members (excludes halogenated alkanes) is 1. The summed E-state index contributed by atoms with van der Waals surface area (Å²) in [7, 11) is 1.32. The topological polar surface area (TPSA) is 129 Å². The summed E-state index contributed by atoms with van der Waals surface area (Å²) in [6.07, 6.45) is 22.2. The first-order chi connectivity index (χ1) is 28.3. The van der Waals surface area contributed by atoms with Gasteiger partial charge < -0.3 is 29.7 Å². The van der Waals surface area contributed by atoms with Crippen molar-refractivity contribution in [3.8, 4) is 0 Å². The van der Waals surface area contributed by atoms with Gasteiger partial charge in [0, 0.05) is 74.1 Å². The van der Waals surface area contributed by atoms with Gasteiger partial charge in [-0.05, 0) is 98.8 Å². The lowest BCUT2D eigenvalue weighted by molar-refractivity contribution is -0.143. The second kappa shape index (κ2) is 18.9. The Morgan fingerprint density at radius 3 is 2.31 bits per heavy atom. The number of aromatic amines is 3. The van der Waals surface area contributed by atoms with Crippen molar-refractivity contribution >= 4 is 47.6 Å². The second-order valence-electron chi connectivity index (χ2n) is 17.2. The molecule has 1 fully saturated rings. The third-order valence-corrected chi connectivity index (χ3v) is 13.4. The van der Waals surface area contributed by atoms with Crippen LogP contribution >= 0.6 is 0 Å². The van der Waals surface area contributed by atoms with Gasteiger partial charge in [0.25, 0.3) is 0 Å². The average Bonchev–Trinajstić information content (AvgIpc) is 3.96. The summed E-state index contributed by atoms with van der Waals surface area (Å²) in [5, 5.41) is 5.65. The Balaban J connectivity index is 1.30. The highest BCUT2D eigenvalue weighted by molar-refractivity contribution is 6.24. The first-order valence-corrected chi connectivity index (χ1v) is 22.0. The number of ether oxygens (including phenoxy) is 2. The zero-order chi connectivity index (χ0) is 42.5. The molecule has 0 unspecified atom stereocenters. The maximum absolute atomic E-state index is 14.3. The van der Waals surface area contributed by atoms with Crippen LogP contribution in [0.5, 0.6) is 0 Å². The number of hydrogen-bond acceptors (Lipinski definition) is 6. The molecule has 6 rings (SSSR count). The van der Waals surface area contributed by atoms with Crippen molar-refractivity contribution in [1.82, 2.24) is 20.3 Å². The lowest BCUT2D eigenvalue weighted by Crippen LogP contribution is -2.25. The summed E-state index contributed by atoms with van der Waals surface area (Å²) in [4.78, 5) is 52.1. The summed E-state index contributed by atoms with van der Waals surface area (Å²) < 4.78 is 11.0. The van der Waals surface area contributed by atoms with E-state index in [1.165, 1.54) is 44.8 Å². The van der Waals surface area contributed by atoms with E-state index in [1.54, 1.807) is 0 Å². The van der Waals surface area contributed by atoms with Gasteiger partial charge in [-0.3, -0.25) is 14.4 Å². The number of methoxy groups -OCH3 is 1. The van der Waals surface area contributed by atoms with Gasteiger partial charge in [0.05, 0.1) is 12.8 Å². The number of Topliss-reactive ketones (excluding diaryl/α,β-unsaturated/α-hetero) is 1. The Labute approximate surface area is 350 Å². The molecule has 3 aliphatic rings. The largest absolute Gasteiger partial charge is 0.468 e. The Kier molecular flexibility index (Phi) is 13.9. The summed E-state index contributed by atoms with van der Waals surface area (Å²) in [5.41, 5.74) is 11.2. The minimum absolute atomic E-state index is 0.0833.